The zero-order valence-corrected chi connectivity index (χ0v) is 16.4. The van der Waals surface area contributed by atoms with E-state index in [1.54, 1.807) is 24.3 Å². The normalized spacial score (nSPS) is 15.4. The molecule has 0 aromatic heterocycles. The smallest absolute Gasteiger partial charge is 0.480 e. The number of amides is 1. The van der Waals surface area contributed by atoms with Gasteiger partial charge in [0.15, 0.2) is 5.78 Å². The number of hydrogen-bond donors (Lipinski definition) is 4. The van der Waals surface area contributed by atoms with Gasteiger partial charge in [-0.3, -0.25) is 9.59 Å². The van der Waals surface area contributed by atoms with E-state index < -0.39 is 32.2 Å². The summed E-state index contributed by atoms with van der Waals surface area (Å²) >= 11 is 0. The van der Waals surface area contributed by atoms with Crippen molar-refractivity contribution < 1.29 is 38.8 Å². The first kappa shape index (κ1) is 21.3. The van der Waals surface area contributed by atoms with E-state index in [1.807, 2.05) is 0 Å². The number of carbonyl (C=O) groups is 3. The number of ketones is 1. The quantitative estimate of drug-likeness (QED) is 0.327. The lowest BCUT2D eigenvalue weighted by Gasteiger charge is -2.15. The van der Waals surface area contributed by atoms with Crippen molar-refractivity contribution in [3.05, 3.63) is 58.7 Å². The van der Waals surface area contributed by atoms with Crippen molar-refractivity contribution in [2.24, 2.45) is 0 Å². The van der Waals surface area contributed by atoms with Gasteiger partial charge in [0.1, 0.15) is 6.04 Å². The second-order valence-corrected chi connectivity index (χ2v) is 7.48. The van der Waals surface area contributed by atoms with Crippen molar-refractivity contribution in [2.45, 2.75) is 32.1 Å². The second kappa shape index (κ2) is 8.64. The third-order valence-electron chi connectivity index (χ3n) is 5.46. The monoisotopic (exact) mass is 423 g/mol. The van der Waals surface area contributed by atoms with Gasteiger partial charge in [0.25, 0.3) is 5.91 Å². The Morgan fingerprint density at radius 3 is 2.06 bits per heavy atom. The Morgan fingerprint density at radius 2 is 1.48 bits per heavy atom. The van der Waals surface area contributed by atoms with E-state index in [4.69, 9.17) is 9.31 Å². The van der Waals surface area contributed by atoms with Crippen LogP contribution in [0.2, 0.25) is 0 Å². The van der Waals surface area contributed by atoms with Gasteiger partial charge < -0.3 is 29.8 Å². The number of fused-ring (bicyclic) bond motifs is 2. The van der Waals surface area contributed by atoms with Crippen molar-refractivity contribution >= 4 is 42.8 Å². The first-order valence-electron chi connectivity index (χ1n) is 9.75. The van der Waals surface area contributed by atoms with Crippen LogP contribution in [-0.4, -0.2) is 53.1 Å². The van der Waals surface area contributed by atoms with Gasteiger partial charge in [-0.2, -0.15) is 0 Å². The van der Waals surface area contributed by atoms with Gasteiger partial charge in [-0.15, -0.1) is 0 Å². The molecule has 31 heavy (non-hydrogen) atoms. The summed E-state index contributed by atoms with van der Waals surface area (Å²) in [5.41, 5.74) is 3.08. The minimum atomic E-state index is -1.27. The summed E-state index contributed by atoms with van der Waals surface area (Å²) in [4.78, 5) is 36.7. The molecule has 2 aliphatic heterocycles. The van der Waals surface area contributed by atoms with Crippen LogP contribution in [0.25, 0.3) is 0 Å². The van der Waals surface area contributed by atoms with Crippen LogP contribution in [0.5, 0.6) is 0 Å². The van der Waals surface area contributed by atoms with E-state index in [1.165, 1.54) is 12.1 Å². The number of nitrogens with one attached hydrogen (secondary N) is 1. The van der Waals surface area contributed by atoms with Crippen molar-refractivity contribution in [2.75, 3.05) is 0 Å². The molecule has 0 fully saturated rings. The SMILES string of the molecule is O=C(CC[C@H](NC(=O)c1ccc2c(c1)B(O)OC2)C(=O)O)c1ccc2c(c1)B(O)OC2. The molecule has 0 radical (unpaired) electrons. The maximum atomic E-state index is 12.5. The Morgan fingerprint density at radius 1 is 0.935 bits per heavy atom. The van der Waals surface area contributed by atoms with Gasteiger partial charge in [-0.05, 0) is 40.6 Å². The Kier molecular flexibility index (Phi) is 5.92. The minimum absolute atomic E-state index is 0.104. The maximum Gasteiger partial charge on any atom is 0.491 e. The molecular weight excluding hydrogens is 404 g/mol. The van der Waals surface area contributed by atoms with E-state index in [-0.39, 0.29) is 37.4 Å². The number of Topliss-reactive ketones (excluding diaryl/α,β-unsaturated/α-hetero) is 1. The molecule has 1 amide bonds. The van der Waals surface area contributed by atoms with Crippen LogP contribution >= 0.6 is 0 Å². The highest BCUT2D eigenvalue weighted by Crippen LogP contribution is 2.15. The number of carboxylic acids is 1. The van der Waals surface area contributed by atoms with Crippen LogP contribution in [0, 0.1) is 0 Å². The van der Waals surface area contributed by atoms with Crippen LogP contribution < -0.4 is 16.2 Å². The molecule has 4 N–H and O–H groups in total. The molecule has 0 saturated heterocycles. The molecule has 11 heteroatoms. The summed E-state index contributed by atoms with van der Waals surface area (Å²) < 4.78 is 10.2. The Bertz CT molecular complexity index is 1060. The number of hydrogen-bond acceptors (Lipinski definition) is 7. The second-order valence-electron chi connectivity index (χ2n) is 7.48. The number of rotatable bonds is 7. The molecule has 4 rings (SSSR count). The lowest BCUT2D eigenvalue weighted by Crippen LogP contribution is -2.41. The molecule has 0 spiro atoms. The molecule has 2 aliphatic rings. The third kappa shape index (κ3) is 4.40. The van der Waals surface area contributed by atoms with Crippen molar-refractivity contribution in [3.63, 3.8) is 0 Å². The molecule has 1 atom stereocenters. The standard InChI is InChI=1S/C20H19B2NO8/c24-18(11-1-3-13-9-30-21(28)15(13)7-11)6-5-17(20(26)27)23-19(25)12-2-4-14-10-31-22(29)16(14)8-12/h1-4,7-8,17,28-29H,5-6,9-10H2,(H,23,25)(H,26,27)/t17-/m0/s1. The van der Waals surface area contributed by atoms with Crippen LogP contribution in [0.3, 0.4) is 0 Å². The van der Waals surface area contributed by atoms with E-state index >= 15 is 0 Å². The largest absolute Gasteiger partial charge is 0.491 e. The topological polar surface area (TPSA) is 142 Å². The number of benzene rings is 2. The van der Waals surface area contributed by atoms with Gasteiger partial charge in [0.05, 0.1) is 13.2 Å². The average Bonchev–Trinajstić information content (AvgIpc) is 3.32. The van der Waals surface area contributed by atoms with Crippen LogP contribution in [-0.2, 0) is 27.3 Å². The van der Waals surface area contributed by atoms with Crippen LogP contribution in [0.1, 0.15) is 44.7 Å². The predicted octanol–water partition coefficient (Wildman–Crippen LogP) is -1.03. The Balaban J connectivity index is 1.40. The summed E-state index contributed by atoms with van der Waals surface area (Å²) in [5.74, 6) is -2.19. The molecule has 2 aromatic rings. The fourth-order valence-electron chi connectivity index (χ4n) is 3.66. The van der Waals surface area contributed by atoms with Crippen molar-refractivity contribution in [1.82, 2.24) is 5.32 Å². The maximum absolute atomic E-state index is 12.5. The van der Waals surface area contributed by atoms with Gasteiger partial charge in [-0.25, -0.2) is 4.79 Å². The third-order valence-corrected chi connectivity index (χ3v) is 5.46. The van der Waals surface area contributed by atoms with E-state index in [0.29, 0.717) is 16.5 Å². The van der Waals surface area contributed by atoms with E-state index in [9.17, 15) is 29.5 Å². The van der Waals surface area contributed by atoms with Gasteiger partial charge in [0, 0.05) is 17.5 Å². The highest BCUT2D eigenvalue weighted by Gasteiger charge is 2.30. The highest BCUT2D eigenvalue weighted by atomic mass is 16.5. The summed E-state index contributed by atoms with van der Waals surface area (Å²) in [6.07, 6.45) is -0.212. The van der Waals surface area contributed by atoms with E-state index in [2.05, 4.69) is 5.32 Å². The first-order valence-corrected chi connectivity index (χ1v) is 9.75. The molecule has 0 unspecified atom stereocenters. The predicted molar refractivity (Wildman–Crippen MR) is 110 cm³/mol. The molecule has 0 aliphatic carbocycles. The fraction of sp³-hybridized carbons (Fsp3) is 0.250. The van der Waals surface area contributed by atoms with E-state index in [0.717, 1.165) is 11.1 Å². The molecule has 9 nitrogen and oxygen atoms in total. The van der Waals surface area contributed by atoms with Crippen molar-refractivity contribution in [3.8, 4) is 0 Å². The zero-order valence-electron chi connectivity index (χ0n) is 16.4. The average molecular weight is 423 g/mol. The number of carbonyl (C=O) groups excluding carboxylic acids is 2. The van der Waals surface area contributed by atoms with Gasteiger partial charge >= 0.3 is 20.2 Å². The highest BCUT2D eigenvalue weighted by molar-refractivity contribution is 6.62. The van der Waals surface area contributed by atoms with Gasteiger partial charge in [0.2, 0.25) is 0 Å². The summed E-state index contributed by atoms with van der Waals surface area (Å²) in [6, 6.07) is 8.21. The molecule has 0 bridgehead atoms. The zero-order chi connectivity index (χ0) is 22.1. The molecular formula is C20H19B2NO8. The van der Waals surface area contributed by atoms with Crippen LogP contribution in [0.4, 0.5) is 0 Å². The number of carboxylic acid groups (broad SMARTS) is 1. The minimum Gasteiger partial charge on any atom is -0.480 e. The van der Waals surface area contributed by atoms with Gasteiger partial charge in [-0.1, -0.05) is 24.3 Å². The fourth-order valence-corrected chi connectivity index (χ4v) is 3.66. The van der Waals surface area contributed by atoms with Crippen molar-refractivity contribution in [1.29, 1.82) is 0 Å². The summed E-state index contributed by atoms with van der Waals surface area (Å²) in [5, 5.41) is 31.5. The van der Waals surface area contributed by atoms with Crippen LogP contribution in [0.15, 0.2) is 36.4 Å². The number of aliphatic carboxylic acids is 1. The lowest BCUT2D eigenvalue weighted by molar-refractivity contribution is -0.139. The Labute approximate surface area is 178 Å². The lowest BCUT2D eigenvalue weighted by atomic mass is 9.78. The molecule has 0 saturated carbocycles. The molecule has 158 valence electrons. The summed E-state index contributed by atoms with van der Waals surface area (Å²) in [7, 11) is -2.20. The molecule has 2 aromatic carbocycles. The summed E-state index contributed by atoms with van der Waals surface area (Å²) in [6.45, 7) is 0.508. The first-order chi connectivity index (χ1) is 14.8. The molecule has 2 heterocycles. The Hall–Kier alpha value is -2.98.